The number of piperidine rings is 1. The number of fused-ring (bicyclic) bond motifs is 2. The number of aromatic nitrogens is 3. The van der Waals surface area contributed by atoms with Gasteiger partial charge in [-0.3, -0.25) is 24.1 Å². The number of carbonyl (C=O) groups excluding carboxylic acids is 4. The number of amides is 4. The normalized spacial score (nSPS) is 20.4. The maximum atomic E-state index is 13.2. The second kappa shape index (κ2) is 13.2. The highest BCUT2D eigenvalue weighted by Gasteiger charge is 2.45. The van der Waals surface area contributed by atoms with E-state index >= 15 is 0 Å². The number of anilines is 2. The Morgan fingerprint density at radius 2 is 1.96 bits per heavy atom. The van der Waals surface area contributed by atoms with Gasteiger partial charge in [-0.2, -0.15) is 9.61 Å². The molecule has 1 saturated carbocycles. The first kappa shape index (κ1) is 30.4. The molecule has 3 aromatic rings. The molecule has 1 saturated heterocycles. The summed E-state index contributed by atoms with van der Waals surface area (Å²) < 4.78 is 1.80. The van der Waals surface area contributed by atoms with Gasteiger partial charge >= 0.3 is 0 Å². The highest BCUT2D eigenvalue weighted by molar-refractivity contribution is 6.25. The van der Waals surface area contributed by atoms with Gasteiger partial charge < -0.3 is 21.3 Å². The van der Waals surface area contributed by atoms with Gasteiger partial charge in [0, 0.05) is 47.2 Å². The number of allylic oxidation sites excluding steroid dienone is 1. The zero-order valence-electron chi connectivity index (χ0n) is 25.5. The fourth-order valence-electron chi connectivity index (χ4n) is 6.18. The standard InChI is InChI=1S/C34H34N8O4/c1-3-8-22-20-29(42-28(38-22)16-18-36-42)39-23-13-14-24(19-23)40-30(43)11-5-4-6-17-35-26-10-7-9-25-31(26)34(46)41(33(25)45)27-15-12-21(2)37-32(27)44/h7,9-10,16,18,20,23-24,27,35,39H,2-3,8,12-15,17,19H2,1H3,(H,37,44)(H,40,43)/t23-,24-,27?/m1/s1. The molecule has 0 radical (unpaired) electrons. The molecular weight excluding hydrogens is 584 g/mol. The summed E-state index contributed by atoms with van der Waals surface area (Å²) in [6.07, 6.45) is 6.95. The Balaban J connectivity index is 0.998. The third-order valence-corrected chi connectivity index (χ3v) is 8.31. The average Bonchev–Trinajstić information content (AvgIpc) is 3.74. The largest absolute Gasteiger partial charge is 0.373 e. The van der Waals surface area contributed by atoms with Crippen molar-refractivity contribution in [3.63, 3.8) is 0 Å². The Kier molecular flexibility index (Phi) is 8.70. The molecule has 234 valence electrons. The number of benzene rings is 1. The van der Waals surface area contributed by atoms with Crippen LogP contribution in [0.5, 0.6) is 0 Å². The zero-order valence-corrected chi connectivity index (χ0v) is 25.5. The Labute approximate surface area is 266 Å². The monoisotopic (exact) mass is 618 g/mol. The third kappa shape index (κ3) is 6.28. The lowest BCUT2D eigenvalue weighted by molar-refractivity contribution is -0.125. The van der Waals surface area contributed by atoms with E-state index in [1.54, 1.807) is 28.9 Å². The van der Waals surface area contributed by atoms with E-state index in [4.69, 9.17) is 0 Å². The molecule has 4 amide bonds. The molecule has 3 atom stereocenters. The lowest BCUT2D eigenvalue weighted by Crippen LogP contribution is -2.51. The topological polar surface area (TPSA) is 150 Å². The number of nitrogens with one attached hydrogen (secondary N) is 4. The van der Waals surface area contributed by atoms with Crippen LogP contribution in [0.25, 0.3) is 5.65 Å². The van der Waals surface area contributed by atoms with E-state index in [1.165, 1.54) is 0 Å². The molecule has 6 rings (SSSR count). The molecule has 12 heteroatoms. The third-order valence-electron chi connectivity index (χ3n) is 8.31. The van der Waals surface area contributed by atoms with Crippen molar-refractivity contribution in [2.75, 3.05) is 17.2 Å². The second-order valence-corrected chi connectivity index (χ2v) is 11.6. The summed E-state index contributed by atoms with van der Waals surface area (Å²) in [6, 6.07) is 8.14. The van der Waals surface area contributed by atoms with Gasteiger partial charge in [0.2, 0.25) is 5.91 Å². The predicted octanol–water partition coefficient (Wildman–Crippen LogP) is 2.64. The first-order chi connectivity index (χ1) is 22.3. The van der Waals surface area contributed by atoms with Crippen molar-refractivity contribution < 1.29 is 19.2 Å². The average molecular weight is 619 g/mol. The Bertz CT molecular complexity index is 1870. The molecule has 3 aliphatic rings. The van der Waals surface area contributed by atoms with Gasteiger partial charge in [0.05, 0.1) is 23.9 Å². The first-order valence-electron chi connectivity index (χ1n) is 15.5. The summed E-state index contributed by atoms with van der Waals surface area (Å²) in [6.45, 7) is 6.01. The van der Waals surface area contributed by atoms with Crippen molar-refractivity contribution in [3.8, 4) is 23.7 Å². The minimum atomic E-state index is -0.883. The van der Waals surface area contributed by atoms with Gasteiger partial charge in [0.25, 0.3) is 17.7 Å². The van der Waals surface area contributed by atoms with E-state index in [9.17, 15) is 19.2 Å². The molecule has 46 heavy (non-hydrogen) atoms. The molecule has 1 aromatic carbocycles. The Morgan fingerprint density at radius 3 is 2.78 bits per heavy atom. The van der Waals surface area contributed by atoms with Gasteiger partial charge in [0.15, 0.2) is 5.65 Å². The fourth-order valence-corrected chi connectivity index (χ4v) is 6.18. The van der Waals surface area contributed by atoms with Crippen LogP contribution >= 0.6 is 0 Å². The zero-order chi connectivity index (χ0) is 32.2. The number of imide groups is 1. The van der Waals surface area contributed by atoms with Crippen LogP contribution in [0.1, 0.15) is 71.9 Å². The van der Waals surface area contributed by atoms with Crippen molar-refractivity contribution in [2.24, 2.45) is 0 Å². The van der Waals surface area contributed by atoms with E-state index < -0.39 is 29.7 Å². The molecule has 4 heterocycles. The highest BCUT2D eigenvalue weighted by atomic mass is 16.2. The number of hydrogen-bond acceptors (Lipinski definition) is 8. The van der Waals surface area contributed by atoms with Gasteiger partial charge in [-0.15, -0.1) is 0 Å². The van der Waals surface area contributed by atoms with Crippen LogP contribution in [0, 0.1) is 23.7 Å². The van der Waals surface area contributed by atoms with Crippen LogP contribution in [0.3, 0.4) is 0 Å². The molecule has 2 aliphatic heterocycles. The van der Waals surface area contributed by atoms with Crippen LogP contribution in [0.2, 0.25) is 0 Å². The summed E-state index contributed by atoms with van der Waals surface area (Å²) in [5.41, 5.74) is 3.28. The second-order valence-electron chi connectivity index (χ2n) is 11.6. The number of rotatable bonds is 8. The lowest BCUT2D eigenvalue weighted by Gasteiger charge is -2.29. The van der Waals surface area contributed by atoms with Crippen molar-refractivity contribution >= 4 is 40.8 Å². The minimum Gasteiger partial charge on any atom is -0.373 e. The van der Waals surface area contributed by atoms with Crippen LogP contribution in [0.4, 0.5) is 11.5 Å². The summed E-state index contributed by atoms with van der Waals surface area (Å²) in [7, 11) is 0. The first-order valence-corrected chi connectivity index (χ1v) is 15.5. The molecule has 4 N–H and O–H groups in total. The van der Waals surface area contributed by atoms with Gasteiger partial charge in [-0.05, 0) is 62.5 Å². The molecule has 1 aliphatic carbocycles. The quantitative estimate of drug-likeness (QED) is 0.222. The van der Waals surface area contributed by atoms with E-state index in [2.05, 4.69) is 68.5 Å². The van der Waals surface area contributed by atoms with Crippen molar-refractivity contribution in [2.45, 2.75) is 70.0 Å². The number of nitrogens with zero attached hydrogens (tertiary/aromatic N) is 4. The minimum absolute atomic E-state index is 0.00233. The maximum Gasteiger partial charge on any atom is 0.297 e. The Hall–Kier alpha value is -5.62. The number of aryl methyl sites for hydroxylation is 1. The molecule has 2 aromatic heterocycles. The SMILES string of the molecule is C=C1CCC(N2C(=O)c3cccc(NCC#CC#CC(=O)N[C@@H]4CC[C@@H](Nc5cc(CCC)nc6ccnn56)C4)c3C2=O)C(=O)N1. The Morgan fingerprint density at radius 1 is 1.11 bits per heavy atom. The molecular formula is C34H34N8O4. The van der Waals surface area contributed by atoms with Crippen molar-refractivity contribution in [3.05, 3.63) is 65.6 Å². The van der Waals surface area contributed by atoms with E-state index in [0.29, 0.717) is 24.2 Å². The van der Waals surface area contributed by atoms with Crippen molar-refractivity contribution in [1.29, 1.82) is 0 Å². The molecule has 2 fully saturated rings. The van der Waals surface area contributed by atoms with Crippen LogP contribution in [-0.2, 0) is 16.0 Å². The van der Waals surface area contributed by atoms with E-state index in [0.717, 1.165) is 54.2 Å². The van der Waals surface area contributed by atoms with E-state index in [1.807, 2.05) is 12.1 Å². The van der Waals surface area contributed by atoms with Gasteiger partial charge in [-0.1, -0.05) is 31.9 Å². The predicted molar refractivity (Wildman–Crippen MR) is 171 cm³/mol. The maximum absolute atomic E-state index is 13.2. The van der Waals surface area contributed by atoms with Crippen LogP contribution in [-0.4, -0.2) is 67.8 Å². The lowest BCUT2D eigenvalue weighted by atomic mass is 10.0. The summed E-state index contributed by atoms with van der Waals surface area (Å²) in [5.74, 6) is 9.65. The van der Waals surface area contributed by atoms with Crippen molar-refractivity contribution in [1.82, 2.24) is 30.1 Å². The number of carbonyl (C=O) groups is 4. The molecule has 1 unspecified atom stereocenters. The van der Waals surface area contributed by atoms with Crippen LogP contribution < -0.4 is 21.3 Å². The smallest absolute Gasteiger partial charge is 0.297 e. The van der Waals surface area contributed by atoms with Crippen LogP contribution in [0.15, 0.2) is 48.8 Å². The highest BCUT2D eigenvalue weighted by Crippen LogP contribution is 2.32. The summed E-state index contributed by atoms with van der Waals surface area (Å²) in [5, 5.41) is 16.6. The molecule has 0 bridgehead atoms. The number of hydrogen-bond donors (Lipinski definition) is 4. The molecule has 0 spiro atoms. The van der Waals surface area contributed by atoms with Gasteiger partial charge in [-0.25, -0.2) is 4.98 Å². The fraction of sp³-hybridized carbons (Fsp3) is 0.353. The van der Waals surface area contributed by atoms with E-state index in [-0.39, 0.29) is 29.8 Å². The summed E-state index contributed by atoms with van der Waals surface area (Å²) in [4.78, 5) is 56.9. The van der Waals surface area contributed by atoms with Gasteiger partial charge in [0.1, 0.15) is 11.9 Å². The molecule has 12 nitrogen and oxygen atoms in total. The summed E-state index contributed by atoms with van der Waals surface area (Å²) >= 11 is 0.